The van der Waals surface area contributed by atoms with Crippen LogP contribution in [-0.2, 0) is 9.31 Å². The number of nitrogens with zero attached hydrogens (tertiary/aromatic N) is 3. The molecule has 0 N–H and O–H groups in total. The summed E-state index contributed by atoms with van der Waals surface area (Å²) in [7, 11) is -0.859. The monoisotopic (exact) mass is 407 g/mol. The van der Waals surface area contributed by atoms with Crippen LogP contribution in [0.2, 0.25) is 0 Å². The van der Waals surface area contributed by atoms with Crippen LogP contribution in [-0.4, -0.2) is 23.3 Å². The number of hydrogen-bond donors (Lipinski definition) is 0. The molecular formula is C25H22BN3O2. The molecule has 4 rings (SSSR count). The molecule has 0 atom stereocenters. The van der Waals surface area contributed by atoms with Crippen molar-refractivity contribution in [3.05, 3.63) is 71.8 Å². The lowest BCUT2D eigenvalue weighted by molar-refractivity contribution is 0.00578. The summed E-state index contributed by atoms with van der Waals surface area (Å²) in [4.78, 5) is 4.80. The van der Waals surface area contributed by atoms with Gasteiger partial charge in [-0.25, -0.2) is 4.98 Å². The van der Waals surface area contributed by atoms with Gasteiger partial charge in [-0.05, 0) is 27.7 Å². The van der Waals surface area contributed by atoms with E-state index in [1.165, 1.54) is 0 Å². The molecule has 0 radical (unpaired) electrons. The molecule has 5 nitrogen and oxygen atoms in total. The Hall–Kier alpha value is -3.45. The maximum atomic E-state index is 10.2. The average Bonchev–Trinajstić information content (AvgIpc) is 2.99. The van der Waals surface area contributed by atoms with Crippen molar-refractivity contribution in [3.63, 3.8) is 0 Å². The first-order valence-corrected chi connectivity index (χ1v) is 10.1. The first-order valence-electron chi connectivity index (χ1n) is 10.1. The van der Waals surface area contributed by atoms with Gasteiger partial charge in [-0.15, -0.1) is 0 Å². The number of pyridine rings is 1. The lowest BCUT2D eigenvalue weighted by Gasteiger charge is -2.32. The molecule has 1 aliphatic rings. The van der Waals surface area contributed by atoms with Crippen molar-refractivity contribution < 1.29 is 9.31 Å². The summed E-state index contributed by atoms with van der Waals surface area (Å²) < 4.78 is 12.5. The van der Waals surface area contributed by atoms with Crippen LogP contribution in [0, 0.1) is 22.7 Å². The van der Waals surface area contributed by atoms with Crippen LogP contribution >= 0.6 is 0 Å². The van der Waals surface area contributed by atoms with Gasteiger partial charge in [-0.3, -0.25) is 0 Å². The standard InChI is InChI=1S/C25H22BN3O2/c1-24(2)25(3,4)31-26(30-24)21-19(15-27)22(17-11-7-5-8-12-17)29-23(20(21)16-28)18-13-9-6-10-14-18/h5-14H,1-4H3. The highest BCUT2D eigenvalue weighted by Crippen LogP contribution is 2.38. The molecular weight excluding hydrogens is 385 g/mol. The molecule has 0 aliphatic carbocycles. The third kappa shape index (κ3) is 3.51. The van der Waals surface area contributed by atoms with E-state index in [4.69, 9.17) is 14.3 Å². The molecule has 3 aromatic rings. The minimum Gasteiger partial charge on any atom is -0.399 e. The third-order valence-electron chi connectivity index (χ3n) is 6.04. The molecule has 0 unspecified atom stereocenters. The molecule has 31 heavy (non-hydrogen) atoms. The van der Waals surface area contributed by atoms with Gasteiger partial charge >= 0.3 is 7.12 Å². The molecule has 152 valence electrons. The van der Waals surface area contributed by atoms with Gasteiger partial charge in [0.15, 0.2) is 0 Å². The van der Waals surface area contributed by atoms with E-state index in [2.05, 4.69) is 12.1 Å². The number of hydrogen-bond acceptors (Lipinski definition) is 5. The van der Waals surface area contributed by atoms with Crippen LogP contribution in [0.1, 0.15) is 38.8 Å². The Morgan fingerprint density at radius 2 is 1.10 bits per heavy atom. The van der Waals surface area contributed by atoms with Crippen LogP contribution in [0.3, 0.4) is 0 Å². The predicted molar refractivity (Wildman–Crippen MR) is 120 cm³/mol. The summed E-state index contributed by atoms with van der Waals surface area (Å²) in [6.07, 6.45) is 0. The van der Waals surface area contributed by atoms with Gasteiger partial charge in [0.25, 0.3) is 0 Å². The number of aromatic nitrogens is 1. The summed E-state index contributed by atoms with van der Waals surface area (Å²) in [6.45, 7) is 7.79. The van der Waals surface area contributed by atoms with Crippen molar-refractivity contribution in [1.82, 2.24) is 4.98 Å². The zero-order valence-corrected chi connectivity index (χ0v) is 18.0. The average molecular weight is 407 g/mol. The topological polar surface area (TPSA) is 78.9 Å². The van der Waals surface area contributed by atoms with Crippen LogP contribution in [0.4, 0.5) is 0 Å². The van der Waals surface area contributed by atoms with Crippen LogP contribution in [0.15, 0.2) is 60.7 Å². The van der Waals surface area contributed by atoms with Crippen molar-refractivity contribution in [2.45, 2.75) is 38.9 Å². The second-order valence-electron chi connectivity index (χ2n) is 8.52. The molecule has 6 heteroatoms. The summed E-state index contributed by atoms with van der Waals surface area (Å²) in [5, 5.41) is 20.3. The third-order valence-corrected chi connectivity index (χ3v) is 6.04. The van der Waals surface area contributed by atoms with Crippen molar-refractivity contribution in [2.75, 3.05) is 0 Å². The van der Waals surface area contributed by atoms with E-state index in [1.54, 1.807) is 0 Å². The molecule has 0 bridgehead atoms. The smallest absolute Gasteiger partial charge is 0.399 e. The Bertz CT molecular complexity index is 1120. The van der Waals surface area contributed by atoms with Gasteiger partial charge in [0.1, 0.15) is 12.1 Å². The lowest BCUT2D eigenvalue weighted by Crippen LogP contribution is -2.41. The Labute approximate surface area is 183 Å². The highest BCUT2D eigenvalue weighted by atomic mass is 16.7. The zero-order valence-electron chi connectivity index (χ0n) is 18.0. The van der Waals surface area contributed by atoms with Crippen LogP contribution in [0.5, 0.6) is 0 Å². The quantitative estimate of drug-likeness (QED) is 0.599. The van der Waals surface area contributed by atoms with Crippen molar-refractivity contribution in [2.24, 2.45) is 0 Å². The summed E-state index contributed by atoms with van der Waals surface area (Å²) in [6, 6.07) is 23.6. The minimum atomic E-state index is -0.859. The van der Waals surface area contributed by atoms with E-state index >= 15 is 0 Å². The predicted octanol–water partition coefficient (Wildman–Crippen LogP) is 4.46. The maximum absolute atomic E-state index is 10.2. The molecule has 0 amide bonds. The van der Waals surface area contributed by atoms with E-state index < -0.39 is 18.3 Å². The number of benzene rings is 2. The van der Waals surface area contributed by atoms with Gasteiger partial charge in [0, 0.05) is 16.6 Å². The van der Waals surface area contributed by atoms with Crippen molar-refractivity contribution >= 4 is 12.6 Å². The van der Waals surface area contributed by atoms with E-state index in [0.29, 0.717) is 28.0 Å². The molecule has 1 saturated heterocycles. The molecule has 1 aromatic heterocycles. The van der Waals surface area contributed by atoms with Gasteiger partial charge < -0.3 is 9.31 Å². The molecule has 2 heterocycles. The van der Waals surface area contributed by atoms with Crippen LogP contribution < -0.4 is 5.46 Å². The summed E-state index contributed by atoms with van der Waals surface area (Å²) in [5.41, 5.74) is 2.38. The van der Waals surface area contributed by atoms with Gasteiger partial charge in [0.2, 0.25) is 0 Å². The van der Waals surface area contributed by atoms with Crippen LogP contribution in [0.25, 0.3) is 22.5 Å². The zero-order chi connectivity index (χ0) is 22.2. The normalized spacial score (nSPS) is 16.5. The van der Waals surface area contributed by atoms with E-state index in [-0.39, 0.29) is 0 Å². The van der Waals surface area contributed by atoms with E-state index in [0.717, 1.165) is 11.1 Å². The first kappa shape index (κ1) is 20.8. The van der Waals surface area contributed by atoms with Gasteiger partial charge in [-0.1, -0.05) is 60.7 Å². The fraction of sp³-hybridized carbons (Fsp3) is 0.240. The second kappa shape index (κ2) is 7.67. The highest BCUT2D eigenvalue weighted by molar-refractivity contribution is 6.64. The minimum absolute atomic E-state index is 0.293. The lowest BCUT2D eigenvalue weighted by atomic mass is 9.71. The largest absolute Gasteiger partial charge is 0.497 e. The Morgan fingerprint density at radius 1 is 0.710 bits per heavy atom. The Kier molecular flexibility index (Phi) is 5.15. The van der Waals surface area contributed by atoms with E-state index in [9.17, 15) is 10.5 Å². The fourth-order valence-electron chi connectivity index (χ4n) is 3.64. The van der Waals surface area contributed by atoms with Gasteiger partial charge in [0.05, 0.1) is 33.7 Å². The van der Waals surface area contributed by atoms with Crippen molar-refractivity contribution in [1.29, 1.82) is 10.5 Å². The fourth-order valence-corrected chi connectivity index (χ4v) is 3.64. The highest BCUT2D eigenvalue weighted by Gasteiger charge is 2.53. The molecule has 1 fully saturated rings. The number of nitriles is 2. The number of rotatable bonds is 3. The summed E-state index contributed by atoms with van der Waals surface area (Å²) in [5.74, 6) is 0. The van der Waals surface area contributed by atoms with E-state index in [1.807, 2.05) is 88.4 Å². The summed E-state index contributed by atoms with van der Waals surface area (Å²) >= 11 is 0. The Balaban J connectivity index is 2.06. The molecule has 0 spiro atoms. The molecule has 0 saturated carbocycles. The van der Waals surface area contributed by atoms with Crippen molar-refractivity contribution in [3.8, 4) is 34.7 Å². The molecule has 2 aromatic carbocycles. The molecule has 1 aliphatic heterocycles. The Morgan fingerprint density at radius 3 is 1.45 bits per heavy atom. The van der Waals surface area contributed by atoms with Gasteiger partial charge in [-0.2, -0.15) is 10.5 Å². The maximum Gasteiger partial charge on any atom is 0.497 e. The second-order valence-corrected chi connectivity index (χ2v) is 8.52. The first-order chi connectivity index (χ1) is 14.8. The SMILES string of the molecule is CC1(C)OB(c2c(C#N)c(-c3ccccc3)nc(-c3ccccc3)c2C#N)OC1(C)C.